The van der Waals surface area contributed by atoms with E-state index >= 15 is 0 Å². The van der Waals surface area contributed by atoms with Crippen LogP contribution in [0.3, 0.4) is 0 Å². The summed E-state index contributed by atoms with van der Waals surface area (Å²) in [6.45, 7) is 34.3. The third-order valence-corrected chi connectivity index (χ3v) is 15.9. The summed E-state index contributed by atoms with van der Waals surface area (Å²) in [6.07, 6.45) is 0. The Morgan fingerprint density at radius 3 is 1.83 bits per heavy atom. The van der Waals surface area contributed by atoms with Crippen molar-refractivity contribution in [2.24, 2.45) is 5.92 Å². The number of benzene rings is 2. The van der Waals surface area contributed by atoms with Crippen LogP contribution in [0, 0.1) is 5.92 Å². The van der Waals surface area contributed by atoms with Crippen LogP contribution in [0.5, 0.6) is 0 Å². The minimum atomic E-state index is -2.08. The molecule has 3 aromatic rings. The third kappa shape index (κ3) is 5.67. The fraction of sp³-hybridized carbons (Fsp3) is 0.513. The van der Waals surface area contributed by atoms with Gasteiger partial charge in [0.2, 0.25) is 0 Å². The second kappa shape index (κ2) is 12.0. The van der Waals surface area contributed by atoms with Crippen molar-refractivity contribution in [3.63, 3.8) is 0 Å². The van der Waals surface area contributed by atoms with Crippen LogP contribution in [0.2, 0.25) is 12.1 Å². The quantitative estimate of drug-likeness (QED) is 0.185. The topological polar surface area (TPSA) is 0 Å². The van der Waals surface area contributed by atoms with Gasteiger partial charge in [0.25, 0.3) is 0 Å². The molecule has 0 saturated heterocycles. The Morgan fingerprint density at radius 2 is 1.39 bits per heavy atom. The molecule has 0 fully saturated rings. The monoisotopic (exact) mass is 641 g/mol. The molecule has 0 radical (unpaired) electrons. The van der Waals surface area contributed by atoms with Crippen molar-refractivity contribution in [2.45, 2.75) is 126 Å². The van der Waals surface area contributed by atoms with Gasteiger partial charge in [-0.15, -0.1) is 34.5 Å². The summed E-state index contributed by atoms with van der Waals surface area (Å²) >= 11 is 0. The van der Waals surface area contributed by atoms with Crippen LogP contribution in [-0.2, 0) is 37.0 Å². The first-order valence-corrected chi connectivity index (χ1v) is 18.2. The van der Waals surface area contributed by atoms with Gasteiger partial charge >= 0.3 is 0 Å². The molecule has 41 heavy (non-hydrogen) atoms. The zero-order chi connectivity index (χ0) is 29.9. The van der Waals surface area contributed by atoms with Crippen molar-refractivity contribution in [3.8, 4) is 11.1 Å². The Bertz CT molecular complexity index is 1460. The number of rotatable bonds is 6. The molecular weight excluding hydrogens is 588 g/mol. The van der Waals surface area contributed by atoms with Crippen molar-refractivity contribution in [1.82, 2.24) is 0 Å². The molecule has 1 aliphatic carbocycles. The molecule has 1 aliphatic rings. The SMILES string of the molecule is CC[Si](CC)(C1=C(C)C(C)=C(C)C1C)c1cc(-c2cc3ccccc3[cH-]2)c(C(C)(C)C)c(C(C)C)c1C(C)(C)C.[Zr]. The van der Waals surface area contributed by atoms with Crippen LogP contribution in [0.1, 0.15) is 120 Å². The Kier molecular flexibility index (Phi) is 9.95. The predicted molar refractivity (Wildman–Crippen MR) is 183 cm³/mol. The first-order valence-electron chi connectivity index (χ1n) is 15.8. The summed E-state index contributed by atoms with van der Waals surface area (Å²) in [6, 6.07) is 19.0. The van der Waals surface area contributed by atoms with Crippen LogP contribution in [-0.4, -0.2) is 8.07 Å². The summed E-state index contributed by atoms with van der Waals surface area (Å²) in [7, 11) is -2.08. The van der Waals surface area contributed by atoms with Crippen LogP contribution in [0.15, 0.2) is 64.4 Å². The molecule has 1 atom stereocenters. The minimum absolute atomic E-state index is 0. The second-order valence-electron chi connectivity index (χ2n) is 15.0. The normalized spacial score (nSPS) is 16.8. The van der Waals surface area contributed by atoms with Crippen LogP contribution in [0.4, 0.5) is 0 Å². The number of fused-ring (bicyclic) bond motifs is 1. The number of hydrogen-bond donors (Lipinski definition) is 0. The summed E-state index contributed by atoms with van der Waals surface area (Å²) in [5, 5.41) is 6.20. The second-order valence-corrected chi connectivity index (χ2v) is 19.7. The largest absolute Gasteiger partial charge is 0.145 e. The molecule has 1 unspecified atom stereocenters. The van der Waals surface area contributed by atoms with Gasteiger partial charge in [-0.2, -0.15) is 0 Å². The smallest absolute Gasteiger partial charge is 0.113 e. The van der Waals surface area contributed by atoms with Gasteiger partial charge in [0.15, 0.2) is 0 Å². The van der Waals surface area contributed by atoms with Gasteiger partial charge in [0.1, 0.15) is 8.07 Å². The average molecular weight is 643 g/mol. The molecular formula is C39H55SiZr-. The van der Waals surface area contributed by atoms with E-state index < -0.39 is 8.07 Å². The van der Waals surface area contributed by atoms with E-state index in [9.17, 15) is 0 Å². The molecule has 0 nitrogen and oxygen atoms in total. The van der Waals surface area contributed by atoms with Gasteiger partial charge in [-0.05, 0) is 60.1 Å². The third-order valence-electron chi connectivity index (χ3n) is 10.3. The average Bonchev–Trinajstić information content (AvgIpc) is 3.39. The molecule has 0 saturated carbocycles. The summed E-state index contributed by atoms with van der Waals surface area (Å²) in [5.74, 6) is 0.985. The van der Waals surface area contributed by atoms with E-state index in [0.29, 0.717) is 11.8 Å². The maximum absolute atomic E-state index is 2.73. The molecule has 0 spiro atoms. The summed E-state index contributed by atoms with van der Waals surface area (Å²) in [5.41, 5.74) is 12.5. The maximum atomic E-state index is 2.73. The van der Waals surface area contributed by atoms with E-state index in [1.54, 1.807) is 38.2 Å². The van der Waals surface area contributed by atoms with E-state index in [2.05, 4.69) is 139 Å². The van der Waals surface area contributed by atoms with E-state index in [0.717, 1.165) is 0 Å². The molecule has 2 heteroatoms. The first-order chi connectivity index (χ1) is 18.5. The minimum Gasteiger partial charge on any atom is -0.145 e. The molecule has 3 aromatic carbocycles. The molecule has 0 heterocycles. The Balaban J connectivity index is 0.00000462. The Labute approximate surface area is 272 Å². The van der Waals surface area contributed by atoms with Crippen LogP contribution >= 0.6 is 0 Å². The first kappa shape index (κ1) is 34.1. The Morgan fingerprint density at radius 1 is 0.829 bits per heavy atom. The standard InChI is InChI=1S/C39H55Si.Zr/c1-15-40(16-2,37-27(7)25(5)26(6)28(37)8)33-23-32(31-21-29-19-17-18-20-30(29)22-31)35(38(9,10)11)34(24(3)4)36(33)39(12,13)14;/h17-24,27H,15-16H2,1-14H3;/q-1;. The van der Waals surface area contributed by atoms with E-state index in [1.165, 1.54) is 39.6 Å². The van der Waals surface area contributed by atoms with Crippen LogP contribution < -0.4 is 5.19 Å². The Hall–Kier alpha value is -1.37. The van der Waals surface area contributed by atoms with Crippen molar-refractivity contribution >= 4 is 24.0 Å². The maximum Gasteiger partial charge on any atom is 0.113 e. The fourth-order valence-electron chi connectivity index (χ4n) is 8.10. The van der Waals surface area contributed by atoms with Gasteiger partial charge in [-0.25, -0.2) is 0 Å². The number of allylic oxidation sites excluding steroid dienone is 4. The molecule has 0 N–H and O–H groups in total. The number of hydrogen-bond acceptors (Lipinski definition) is 0. The van der Waals surface area contributed by atoms with E-state index in [4.69, 9.17) is 0 Å². The van der Waals surface area contributed by atoms with Gasteiger partial charge in [0, 0.05) is 26.2 Å². The zero-order valence-electron chi connectivity index (χ0n) is 28.6. The molecule has 0 aliphatic heterocycles. The van der Waals surface area contributed by atoms with Crippen molar-refractivity contribution < 1.29 is 26.2 Å². The zero-order valence-corrected chi connectivity index (χ0v) is 32.1. The van der Waals surface area contributed by atoms with Gasteiger partial charge in [-0.1, -0.05) is 145 Å². The van der Waals surface area contributed by atoms with Gasteiger partial charge in [0.05, 0.1) is 0 Å². The van der Waals surface area contributed by atoms with E-state index in [1.807, 2.05) is 0 Å². The fourth-order valence-corrected chi connectivity index (χ4v) is 13.8. The molecule has 0 aromatic heterocycles. The van der Waals surface area contributed by atoms with Crippen LogP contribution in [0.25, 0.3) is 21.9 Å². The van der Waals surface area contributed by atoms with Gasteiger partial charge in [-0.3, -0.25) is 0 Å². The summed E-state index contributed by atoms with van der Waals surface area (Å²) < 4.78 is 0. The van der Waals surface area contributed by atoms with Crippen molar-refractivity contribution in [3.05, 3.63) is 81.1 Å². The molecule has 4 rings (SSSR count). The predicted octanol–water partition coefficient (Wildman–Crippen LogP) is 11.5. The molecule has 0 bridgehead atoms. The van der Waals surface area contributed by atoms with Crippen molar-refractivity contribution in [1.29, 1.82) is 0 Å². The molecule has 0 amide bonds. The summed E-state index contributed by atoms with van der Waals surface area (Å²) in [4.78, 5) is 0. The van der Waals surface area contributed by atoms with E-state index in [-0.39, 0.29) is 37.0 Å². The molecule has 220 valence electrons. The van der Waals surface area contributed by atoms with Gasteiger partial charge < -0.3 is 0 Å². The van der Waals surface area contributed by atoms with Crippen molar-refractivity contribution in [2.75, 3.05) is 0 Å².